The second-order valence-corrected chi connectivity index (χ2v) is 7.24. The van der Waals surface area contributed by atoms with Crippen LogP contribution in [-0.4, -0.2) is 47.9 Å². The van der Waals surface area contributed by atoms with Crippen molar-refractivity contribution in [1.82, 2.24) is 9.80 Å². The lowest BCUT2D eigenvalue weighted by Crippen LogP contribution is -2.42. The molecule has 0 bridgehead atoms. The first-order valence-electron chi connectivity index (χ1n) is 9.23. The molecule has 1 aromatic carbocycles. The SMILES string of the molecule is C/C(=C/C(=O)N1CCCC1CN1CCCC1)c1ccc(C(F)(F)F)cc1. The topological polar surface area (TPSA) is 23.6 Å². The van der Waals surface area contributed by atoms with E-state index in [1.165, 1.54) is 25.0 Å². The predicted molar refractivity (Wildman–Crippen MR) is 95.5 cm³/mol. The van der Waals surface area contributed by atoms with Crippen molar-refractivity contribution in [1.29, 1.82) is 0 Å². The number of hydrogen-bond acceptors (Lipinski definition) is 2. The van der Waals surface area contributed by atoms with E-state index in [0.717, 1.165) is 51.2 Å². The van der Waals surface area contributed by atoms with Gasteiger partial charge in [0.25, 0.3) is 0 Å². The zero-order chi connectivity index (χ0) is 18.7. The molecule has 3 rings (SSSR count). The van der Waals surface area contributed by atoms with Crippen molar-refractivity contribution in [2.24, 2.45) is 0 Å². The molecule has 0 spiro atoms. The maximum Gasteiger partial charge on any atom is 0.416 e. The van der Waals surface area contributed by atoms with Crippen molar-refractivity contribution in [3.63, 3.8) is 0 Å². The van der Waals surface area contributed by atoms with Gasteiger partial charge in [0.15, 0.2) is 0 Å². The molecule has 6 heteroatoms. The van der Waals surface area contributed by atoms with E-state index in [1.807, 2.05) is 4.90 Å². The number of amides is 1. The van der Waals surface area contributed by atoms with E-state index < -0.39 is 11.7 Å². The van der Waals surface area contributed by atoms with Crippen LogP contribution in [0, 0.1) is 0 Å². The highest BCUT2D eigenvalue weighted by molar-refractivity contribution is 5.95. The molecule has 2 saturated heterocycles. The first-order chi connectivity index (χ1) is 12.3. The summed E-state index contributed by atoms with van der Waals surface area (Å²) in [6, 6.07) is 5.21. The smallest absolute Gasteiger partial charge is 0.335 e. The van der Waals surface area contributed by atoms with E-state index in [2.05, 4.69) is 4.90 Å². The minimum Gasteiger partial charge on any atom is -0.335 e. The molecule has 0 aromatic heterocycles. The van der Waals surface area contributed by atoms with Crippen LogP contribution < -0.4 is 0 Å². The monoisotopic (exact) mass is 366 g/mol. The molecule has 2 aliphatic rings. The molecule has 0 aliphatic carbocycles. The number of alkyl halides is 3. The summed E-state index contributed by atoms with van der Waals surface area (Å²) in [5.41, 5.74) is 0.655. The second kappa shape index (κ2) is 7.82. The van der Waals surface area contributed by atoms with Crippen LogP contribution in [0.1, 0.15) is 43.7 Å². The molecule has 26 heavy (non-hydrogen) atoms. The van der Waals surface area contributed by atoms with Crippen molar-refractivity contribution in [2.75, 3.05) is 26.2 Å². The Morgan fingerprint density at radius 3 is 2.38 bits per heavy atom. The van der Waals surface area contributed by atoms with Gasteiger partial charge in [-0.2, -0.15) is 13.2 Å². The van der Waals surface area contributed by atoms with Crippen molar-refractivity contribution >= 4 is 11.5 Å². The standard InChI is InChI=1S/C20H25F3N2O/c1-15(16-6-8-17(9-7-16)20(21,22)23)13-19(26)25-12-4-5-18(25)14-24-10-2-3-11-24/h6-9,13,18H,2-5,10-12,14H2,1H3/b15-13-. The molecule has 1 amide bonds. The Labute approximate surface area is 152 Å². The van der Waals surface area contributed by atoms with Gasteiger partial charge in [0.1, 0.15) is 0 Å². The summed E-state index contributed by atoms with van der Waals surface area (Å²) in [6.07, 6.45) is 1.71. The van der Waals surface area contributed by atoms with Gasteiger partial charge in [-0.15, -0.1) is 0 Å². The third kappa shape index (κ3) is 4.47. The molecule has 1 atom stereocenters. The van der Waals surface area contributed by atoms with Crippen molar-refractivity contribution in [3.05, 3.63) is 41.5 Å². The van der Waals surface area contributed by atoms with E-state index in [-0.39, 0.29) is 11.9 Å². The van der Waals surface area contributed by atoms with E-state index in [0.29, 0.717) is 11.1 Å². The second-order valence-electron chi connectivity index (χ2n) is 7.24. The Morgan fingerprint density at radius 1 is 1.12 bits per heavy atom. The zero-order valence-corrected chi connectivity index (χ0v) is 15.1. The van der Waals surface area contributed by atoms with Gasteiger partial charge in [0, 0.05) is 25.2 Å². The molecule has 0 radical (unpaired) electrons. The highest BCUT2D eigenvalue weighted by Crippen LogP contribution is 2.30. The van der Waals surface area contributed by atoms with Gasteiger partial charge < -0.3 is 9.80 Å². The normalized spacial score (nSPS) is 22.2. The molecule has 142 valence electrons. The van der Waals surface area contributed by atoms with Crippen LogP contribution in [0.4, 0.5) is 13.2 Å². The molecular weight excluding hydrogens is 341 g/mol. The maximum absolute atomic E-state index is 12.7. The third-order valence-electron chi connectivity index (χ3n) is 5.34. The molecule has 2 fully saturated rings. The van der Waals surface area contributed by atoms with Crippen LogP contribution >= 0.6 is 0 Å². The average Bonchev–Trinajstić information content (AvgIpc) is 3.26. The zero-order valence-electron chi connectivity index (χ0n) is 15.1. The fraction of sp³-hybridized carbons (Fsp3) is 0.550. The highest BCUT2D eigenvalue weighted by atomic mass is 19.4. The molecule has 0 N–H and O–H groups in total. The van der Waals surface area contributed by atoms with Gasteiger partial charge in [0.05, 0.1) is 5.56 Å². The quantitative estimate of drug-likeness (QED) is 0.746. The van der Waals surface area contributed by atoms with Crippen LogP contribution in [0.2, 0.25) is 0 Å². The van der Waals surface area contributed by atoms with E-state index in [9.17, 15) is 18.0 Å². The summed E-state index contributed by atoms with van der Waals surface area (Å²) in [6.45, 7) is 5.68. The van der Waals surface area contributed by atoms with Crippen LogP contribution in [-0.2, 0) is 11.0 Å². The lowest BCUT2D eigenvalue weighted by atomic mass is 10.0. The van der Waals surface area contributed by atoms with E-state index in [1.54, 1.807) is 13.0 Å². The maximum atomic E-state index is 12.7. The van der Waals surface area contributed by atoms with Gasteiger partial charge in [-0.1, -0.05) is 12.1 Å². The van der Waals surface area contributed by atoms with Crippen LogP contribution in [0.5, 0.6) is 0 Å². The molecule has 1 aromatic rings. The van der Waals surface area contributed by atoms with Crippen molar-refractivity contribution in [3.8, 4) is 0 Å². The van der Waals surface area contributed by atoms with Crippen LogP contribution in [0.25, 0.3) is 5.57 Å². The highest BCUT2D eigenvalue weighted by Gasteiger charge is 2.31. The molecule has 1 unspecified atom stereocenters. The summed E-state index contributed by atoms with van der Waals surface area (Å²) >= 11 is 0. The molecule has 2 heterocycles. The summed E-state index contributed by atoms with van der Waals surface area (Å²) in [5, 5.41) is 0. The van der Waals surface area contributed by atoms with Gasteiger partial charge in [0.2, 0.25) is 5.91 Å². The number of hydrogen-bond donors (Lipinski definition) is 0. The Kier molecular flexibility index (Phi) is 5.70. The molecule has 2 aliphatic heterocycles. The summed E-state index contributed by atoms with van der Waals surface area (Å²) in [5.74, 6) is -0.0379. The number of nitrogens with zero attached hydrogens (tertiary/aromatic N) is 2. The van der Waals surface area contributed by atoms with Crippen LogP contribution in [0.15, 0.2) is 30.3 Å². The Morgan fingerprint density at radius 2 is 1.77 bits per heavy atom. The molecule has 0 saturated carbocycles. The molecule has 3 nitrogen and oxygen atoms in total. The van der Waals surface area contributed by atoms with Crippen molar-refractivity contribution in [2.45, 2.75) is 44.8 Å². The van der Waals surface area contributed by atoms with Crippen LogP contribution in [0.3, 0.4) is 0 Å². The Balaban J connectivity index is 1.66. The summed E-state index contributed by atoms with van der Waals surface area (Å²) in [7, 11) is 0. The fourth-order valence-corrected chi connectivity index (χ4v) is 3.85. The number of rotatable bonds is 4. The number of allylic oxidation sites excluding steroid dienone is 1. The Bertz CT molecular complexity index is 661. The predicted octanol–water partition coefficient (Wildman–Crippen LogP) is 4.20. The number of benzene rings is 1. The third-order valence-corrected chi connectivity index (χ3v) is 5.34. The van der Waals surface area contributed by atoms with Gasteiger partial charge in [-0.3, -0.25) is 4.79 Å². The number of carbonyl (C=O) groups is 1. The first-order valence-corrected chi connectivity index (χ1v) is 9.23. The van der Waals surface area contributed by atoms with Crippen molar-refractivity contribution < 1.29 is 18.0 Å². The minimum atomic E-state index is -4.34. The largest absolute Gasteiger partial charge is 0.416 e. The fourth-order valence-electron chi connectivity index (χ4n) is 3.85. The first kappa shape index (κ1) is 19.0. The average molecular weight is 366 g/mol. The van der Waals surface area contributed by atoms with E-state index >= 15 is 0 Å². The summed E-state index contributed by atoms with van der Waals surface area (Å²) < 4.78 is 38.0. The minimum absolute atomic E-state index is 0.0379. The van der Waals surface area contributed by atoms with Gasteiger partial charge in [-0.05, 0) is 69.0 Å². The van der Waals surface area contributed by atoms with Gasteiger partial charge in [-0.25, -0.2) is 0 Å². The molecular formula is C20H25F3N2O. The number of likely N-dealkylation sites (tertiary alicyclic amines) is 2. The number of carbonyl (C=O) groups excluding carboxylic acids is 1. The summed E-state index contributed by atoms with van der Waals surface area (Å²) in [4.78, 5) is 17.0. The lowest BCUT2D eigenvalue weighted by Gasteiger charge is -2.28. The van der Waals surface area contributed by atoms with Gasteiger partial charge >= 0.3 is 6.18 Å². The number of halogens is 3. The Hall–Kier alpha value is -1.82. The lowest BCUT2D eigenvalue weighted by molar-refractivity contribution is -0.137. The van der Waals surface area contributed by atoms with E-state index in [4.69, 9.17) is 0 Å².